The van der Waals surface area contributed by atoms with Crippen LogP contribution in [0.15, 0.2) is 48.5 Å². The molecule has 9 heteroatoms. The number of benzene rings is 3. The average Bonchev–Trinajstić information content (AvgIpc) is 2.92. The second kappa shape index (κ2) is 11.7. The van der Waals surface area contributed by atoms with Crippen molar-refractivity contribution in [1.82, 2.24) is 0 Å². The molecule has 1 unspecified atom stereocenters. The van der Waals surface area contributed by atoms with Gasteiger partial charge in [0.05, 0.1) is 19.1 Å². The van der Waals surface area contributed by atoms with Gasteiger partial charge in [0.1, 0.15) is 5.82 Å². The Morgan fingerprint density at radius 3 is 1.97 bits per heavy atom. The van der Waals surface area contributed by atoms with Crippen molar-refractivity contribution in [3.8, 4) is 28.4 Å². The van der Waals surface area contributed by atoms with E-state index in [1.54, 1.807) is 26.0 Å². The number of allylic oxidation sites excluding steroid dienone is 2. The van der Waals surface area contributed by atoms with Crippen LogP contribution in [-0.2, 0) is 4.79 Å². The van der Waals surface area contributed by atoms with E-state index in [0.29, 0.717) is 18.4 Å². The lowest BCUT2D eigenvalue weighted by Crippen LogP contribution is -2.22. The summed E-state index contributed by atoms with van der Waals surface area (Å²) in [6, 6.07) is 9.02. The van der Waals surface area contributed by atoms with Gasteiger partial charge in [-0.05, 0) is 74.6 Å². The summed E-state index contributed by atoms with van der Waals surface area (Å²) in [6.07, 6.45) is 2.73. The zero-order valence-corrected chi connectivity index (χ0v) is 20.8. The summed E-state index contributed by atoms with van der Waals surface area (Å²) in [7, 11) is 0. The molecule has 4 nitrogen and oxygen atoms in total. The van der Waals surface area contributed by atoms with E-state index in [1.807, 2.05) is 0 Å². The van der Waals surface area contributed by atoms with Crippen molar-refractivity contribution in [2.75, 3.05) is 13.2 Å². The molecule has 0 spiro atoms. The highest BCUT2D eigenvalue weighted by Crippen LogP contribution is 2.36. The van der Waals surface area contributed by atoms with E-state index >= 15 is 0 Å². The van der Waals surface area contributed by atoms with Gasteiger partial charge in [-0.3, -0.25) is 4.79 Å². The maximum Gasteiger partial charge on any atom is 0.314 e. The summed E-state index contributed by atoms with van der Waals surface area (Å²) < 4.78 is 87.2. The van der Waals surface area contributed by atoms with E-state index in [4.69, 9.17) is 14.2 Å². The lowest BCUT2D eigenvalue weighted by Gasteiger charge is -2.21. The van der Waals surface area contributed by atoms with Crippen molar-refractivity contribution in [1.29, 1.82) is 0 Å². The topological polar surface area (TPSA) is 44.8 Å². The minimum absolute atomic E-state index is 0.101. The van der Waals surface area contributed by atoms with E-state index in [9.17, 15) is 26.7 Å². The van der Waals surface area contributed by atoms with Crippen LogP contribution in [0.3, 0.4) is 0 Å². The standard InChI is InChI=1S/C29H25F5O4/c1-3-36-22-12-11-20(25(31)26(22)32)19-10-9-18(15-21(19)30)16-5-7-17(8-6-16)29(35)38-24-14-13-23(37-4-2)27(33)28(24)34/h5,9-15,17H,3-4,6-8H2,1-2H3. The summed E-state index contributed by atoms with van der Waals surface area (Å²) >= 11 is 0. The smallest absolute Gasteiger partial charge is 0.314 e. The first-order valence-corrected chi connectivity index (χ1v) is 12.2. The van der Waals surface area contributed by atoms with Crippen LogP contribution in [0.4, 0.5) is 22.0 Å². The molecule has 0 aromatic heterocycles. The largest absolute Gasteiger partial charge is 0.491 e. The Hall–Kier alpha value is -3.88. The molecule has 0 saturated heterocycles. The fourth-order valence-corrected chi connectivity index (χ4v) is 4.30. The van der Waals surface area contributed by atoms with Crippen molar-refractivity contribution in [3.05, 3.63) is 83.2 Å². The summed E-state index contributed by atoms with van der Waals surface area (Å²) in [5.74, 6) is -8.03. The highest BCUT2D eigenvalue weighted by atomic mass is 19.2. The maximum atomic E-state index is 14.9. The summed E-state index contributed by atoms with van der Waals surface area (Å²) in [5.41, 5.74) is 0.963. The van der Waals surface area contributed by atoms with Crippen molar-refractivity contribution in [3.63, 3.8) is 0 Å². The van der Waals surface area contributed by atoms with E-state index in [0.717, 1.165) is 11.6 Å². The van der Waals surface area contributed by atoms with Gasteiger partial charge < -0.3 is 14.2 Å². The summed E-state index contributed by atoms with van der Waals surface area (Å²) in [4.78, 5) is 12.6. The molecule has 0 bridgehead atoms. The number of carbonyl (C=O) groups is 1. The maximum absolute atomic E-state index is 14.9. The predicted octanol–water partition coefficient (Wildman–Crippen LogP) is 7.64. The average molecular weight is 533 g/mol. The SMILES string of the molecule is CCOc1ccc(OC(=O)C2CC=C(c3ccc(-c4ccc(OCC)c(F)c4F)c(F)c3)CC2)c(F)c1F. The third-order valence-electron chi connectivity index (χ3n) is 6.24. The van der Waals surface area contributed by atoms with Gasteiger partial charge >= 0.3 is 5.97 Å². The number of halogens is 5. The first-order valence-electron chi connectivity index (χ1n) is 12.2. The molecule has 0 N–H and O–H groups in total. The van der Waals surface area contributed by atoms with E-state index < -0.39 is 46.7 Å². The number of esters is 1. The molecule has 0 fully saturated rings. The van der Waals surface area contributed by atoms with E-state index in [-0.39, 0.29) is 42.3 Å². The molecule has 1 aliphatic carbocycles. The number of carbonyl (C=O) groups excluding carboxylic acids is 1. The van der Waals surface area contributed by atoms with Crippen molar-refractivity contribution >= 4 is 11.5 Å². The Kier molecular flexibility index (Phi) is 8.34. The fourth-order valence-electron chi connectivity index (χ4n) is 4.30. The van der Waals surface area contributed by atoms with Crippen LogP contribution < -0.4 is 14.2 Å². The molecular formula is C29H25F5O4. The molecule has 1 aliphatic rings. The number of ether oxygens (including phenoxy) is 3. The second-order valence-corrected chi connectivity index (χ2v) is 8.61. The van der Waals surface area contributed by atoms with Gasteiger partial charge in [-0.25, -0.2) is 8.78 Å². The lowest BCUT2D eigenvalue weighted by atomic mass is 9.86. The third-order valence-corrected chi connectivity index (χ3v) is 6.24. The molecule has 3 aromatic carbocycles. The highest BCUT2D eigenvalue weighted by molar-refractivity contribution is 5.78. The van der Waals surface area contributed by atoms with Crippen LogP contribution >= 0.6 is 0 Å². The quantitative estimate of drug-likeness (QED) is 0.170. The first kappa shape index (κ1) is 27.2. The molecule has 4 rings (SSSR count). The molecule has 38 heavy (non-hydrogen) atoms. The Balaban J connectivity index is 1.46. The summed E-state index contributed by atoms with van der Waals surface area (Å²) in [6.45, 7) is 3.57. The van der Waals surface area contributed by atoms with Crippen molar-refractivity contribution in [2.24, 2.45) is 5.92 Å². The zero-order valence-electron chi connectivity index (χ0n) is 20.8. The van der Waals surface area contributed by atoms with Gasteiger partial charge in [0, 0.05) is 11.1 Å². The minimum atomic E-state index is -1.31. The molecule has 200 valence electrons. The first-order chi connectivity index (χ1) is 18.2. The minimum Gasteiger partial charge on any atom is -0.491 e. The monoisotopic (exact) mass is 532 g/mol. The van der Waals surface area contributed by atoms with Crippen LogP contribution in [0.2, 0.25) is 0 Å². The lowest BCUT2D eigenvalue weighted by molar-refractivity contribution is -0.139. The molecule has 0 aliphatic heterocycles. The highest BCUT2D eigenvalue weighted by Gasteiger charge is 2.27. The Labute approximate surface area is 216 Å². The fraction of sp³-hybridized carbons (Fsp3) is 0.276. The Bertz CT molecular complexity index is 1390. The van der Waals surface area contributed by atoms with E-state index in [2.05, 4.69) is 0 Å². The van der Waals surface area contributed by atoms with Crippen LogP contribution in [-0.4, -0.2) is 19.2 Å². The van der Waals surface area contributed by atoms with Crippen molar-refractivity contribution < 1.29 is 41.0 Å². The predicted molar refractivity (Wildman–Crippen MR) is 131 cm³/mol. The van der Waals surface area contributed by atoms with Gasteiger partial charge in [0.15, 0.2) is 23.1 Å². The molecule has 0 radical (unpaired) electrons. The molecule has 1 atom stereocenters. The van der Waals surface area contributed by atoms with Gasteiger partial charge in [0.2, 0.25) is 17.5 Å². The van der Waals surface area contributed by atoms with E-state index in [1.165, 1.54) is 30.3 Å². The second-order valence-electron chi connectivity index (χ2n) is 8.61. The third kappa shape index (κ3) is 5.51. The van der Waals surface area contributed by atoms with Crippen molar-refractivity contribution in [2.45, 2.75) is 33.1 Å². The van der Waals surface area contributed by atoms with Crippen LogP contribution in [0.1, 0.15) is 38.7 Å². The Morgan fingerprint density at radius 1 is 0.789 bits per heavy atom. The normalized spacial score (nSPS) is 15.1. The van der Waals surface area contributed by atoms with Gasteiger partial charge in [0.25, 0.3) is 0 Å². The number of rotatable bonds is 8. The van der Waals surface area contributed by atoms with Crippen LogP contribution in [0, 0.1) is 35.0 Å². The van der Waals surface area contributed by atoms with Gasteiger partial charge in [-0.1, -0.05) is 18.2 Å². The molecule has 0 heterocycles. The van der Waals surface area contributed by atoms with Crippen LogP contribution in [0.25, 0.3) is 16.7 Å². The molecular weight excluding hydrogens is 507 g/mol. The number of hydrogen-bond donors (Lipinski definition) is 0. The van der Waals surface area contributed by atoms with Gasteiger partial charge in [-0.2, -0.15) is 13.2 Å². The summed E-state index contributed by atoms with van der Waals surface area (Å²) in [5, 5.41) is 0. The van der Waals surface area contributed by atoms with Gasteiger partial charge in [-0.15, -0.1) is 0 Å². The number of hydrogen-bond acceptors (Lipinski definition) is 4. The molecule has 0 amide bonds. The molecule has 3 aromatic rings. The molecule has 0 saturated carbocycles. The zero-order chi connectivity index (χ0) is 27.4. The Morgan fingerprint density at radius 2 is 1.37 bits per heavy atom. The van der Waals surface area contributed by atoms with Crippen LogP contribution in [0.5, 0.6) is 17.2 Å².